The Morgan fingerprint density at radius 1 is 1.26 bits per heavy atom. The number of halogens is 2. The minimum Gasteiger partial charge on any atom is -0.398 e. The summed E-state index contributed by atoms with van der Waals surface area (Å²) in [6, 6.07) is 5.06. The zero-order chi connectivity index (χ0) is 14.2. The Kier molecular flexibility index (Phi) is 4.24. The number of thiophene rings is 1. The lowest BCUT2D eigenvalue weighted by Gasteiger charge is -2.11. The predicted octanol–water partition coefficient (Wildman–Crippen LogP) is 3.96. The monoisotopic (exact) mass is 424 g/mol. The summed E-state index contributed by atoms with van der Waals surface area (Å²) in [4.78, 5) is 0. The number of hydrogen-bond donors (Lipinski definition) is 2. The van der Waals surface area contributed by atoms with Gasteiger partial charge in [-0.3, -0.25) is 4.72 Å². The van der Waals surface area contributed by atoms with Crippen LogP contribution in [0.3, 0.4) is 0 Å². The first-order chi connectivity index (χ1) is 8.81. The largest absolute Gasteiger partial charge is 0.398 e. The van der Waals surface area contributed by atoms with Crippen LogP contribution in [0.4, 0.5) is 11.4 Å². The van der Waals surface area contributed by atoms with E-state index in [2.05, 4.69) is 36.6 Å². The number of nitrogens with two attached hydrogens (primary N) is 1. The number of anilines is 2. The number of nitrogen functional groups attached to an aromatic ring is 1. The van der Waals surface area contributed by atoms with Gasteiger partial charge in [0.15, 0.2) is 4.21 Å². The van der Waals surface area contributed by atoms with Gasteiger partial charge < -0.3 is 5.73 Å². The molecule has 4 nitrogen and oxygen atoms in total. The maximum absolute atomic E-state index is 12.2. The van der Waals surface area contributed by atoms with Gasteiger partial charge in [-0.05, 0) is 67.9 Å². The van der Waals surface area contributed by atoms with Crippen LogP contribution in [0.1, 0.15) is 5.56 Å². The first-order valence-corrected chi connectivity index (χ1v) is 9.07. The van der Waals surface area contributed by atoms with Gasteiger partial charge in [0.2, 0.25) is 0 Å². The predicted molar refractivity (Wildman–Crippen MR) is 86.1 cm³/mol. The van der Waals surface area contributed by atoms with Crippen molar-refractivity contribution in [3.63, 3.8) is 0 Å². The summed E-state index contributed by atoms with van der Waals surface area (Å²) in [6.45, 7) is 1.86. The summed E-state index contributed by atoms with van der Waals surface area (Å²) in [5.41, 5.74) is 7.63. The van der Waals surface area contributed by atoms with E-state index in [0.29, 0.717) is 20.3 Å². The van der Waals surface area contributed by atoms with Gasteiger partial charge >= 0.3 is 0 Å². The van der Waals surface area contributed by atoms with Gasteiger partial charge in [-0.15, -0.1) is 11.3 Å². The van der Waals surface area contributed by atoms with Crippen LogP contribution in [-0.2, 0) is 10.0 Å². The Morgan fingerprint density at radius 2 is 1.95 bits per heavy atom. The molecule has 2 aromatic rings. The van der Waals surface area contributed by atoms with E-state index in [9.17, 15) is 8.42 Å². The molecule has 19 heavy (non-hydrogen) atoms. The second-order valence-corrected chi connectivity index (χ2v) is 8.35. The van der Waals surface area contributed by atoms with Crippen molar-refractivity contribution in [2.75, 3.05) is 10.5 Å². The van der Waals surface area contributed by atoms with Crippen molar-refractivity contribution >= 4 is 64.6 Å². The van der Waals surface area contributed by atoms with Gasteiger partial charge in [-0.25, -0.2) is 8.42 Å². The molecule has 102 valence electrons. The first-order valence-electron chi connectivity index (χ1n) is 5.12. The molecule has 3 N–H and O–H groups in total. The van der Waals surface area contributed by atoms with Crippen LogP contribution in [0.15, 0.2) is 36.7 Å². The zero-order valence-electron chi connectivity index (χ0n) is 9.78. The molecule has 0 bridgehead atoms. The molecule has 1 heterocycles. The van der Waals surface area contributed by atoms with E-state index in [1.807, 2.05) is 6.92 Å². The van der Waals surface area contributed by atoms with Gasteiger partial charge in [-0.2, -0.15) is 0 Å². The third-order valence-corrected chi connectivity index (χ3v) is 7.12. The number of aryl methyl sites for hydroxylation is 1. The lowest BCUT2D eigenvalue weighted by Crippen LogP contribution is -2.12. The van der Waals surface area contributed by atoms with Crippen molar-refractivity contribution in [1.82, 2.24) is 0 Å². The maximum atomic E-state index is 12.2. The summed E-state index contributed by atoms with van der Waals surface area (Å²) in [5, 5.41) is 1.71. The minimum absolute atomic E-state index is 0.235. The molecule has 0 aliphatic rings. The smallest absolute Gasteiger partial charge is 0.272 e. The maximum Gasteiger partial charge on any atom is 0.272 e. The zero-order valence-corrected chi connectivity index (χ0v) is 14.6. The summed E-state index contributed by atoms with van der Waals surface area (Å²) >= 11 is 7.68. The van der Waals surface area contributed by atoms with Crippen molar-refractivity contribution in [2.45, 2.75) is 11.1 Å². The molecule has 0 aliphatic carbocycles. The van der Waals surface area contributed by atoms with Crippen molar-refractivity contribution in [2.24, 2.45) is 0 Å². The topological polar surface area (TPSA) is 72.2 Å². The average molecular weight is 426 g/mol. The van der Waals surface area contributed by atoms with Crippen LogP contribution < -0.4 is 10.5 Å². The van der Waals surface area contributed by atoms with Crippen LogP contribution in [0.25, 0.3) is 0 Å². The molecule has 0 unspecified atom stereocenters. The quantitative estimate of drug-likeness (QED) is 0.730. The van der Waals surface area contributed by atoms with Crippen LogP contribution in [0.5, 0.6) is 0 Å². The highest BCUT2D eigenvalue weighted by Crippen LogP contribution is 2.33. The van der Waals surface area contributed by atoms with Gasteiger partial charge in [0.1, 0.15) is 0 Å². The van der Waals surface area contributed by atoms with Crippen molar-refractivity contribution < 1.29 is 8.42 Å². The fraction of sp³-hybridized carbons (Fsp3) is 0.0909. The van der Waals surface area contributed by atoms with Gasteiger partial charge in [0.05, 0.1) is 5.69 Å². The number of hydrogen-bond acceptors (Lipinski definition) is 4. The number of sulfonamides is 1. The lowest BCUT2D eigenvalue weighted by molar-refractivity contribution is 0.603. The van der Waals surface area contributed by atoms with E-state index in [1.54, 1.807) is 23.6 Å². The third kappa shape index (κ3) is 3.13. The standard InChI is InChI=1S/C11H10Br2N2O2S2/c1-6-4-8(13)10(5-9(6)14)15-19(16,17)11-7(12)2-3-18-11/h2-5,15H,14H2,1H3. The minimum atomic E-state index is -3.62. The summed E-state index contributed by atoms with van der Waals surface area (Å²) in [7, 11) is -3.62. The van der Waals surface area contributed by atoms with E-state index in [4.69, 9.17) is 5.73 Å². The van der Waals surface area contributed by atoms with Gasteiger partial charge in [0, 0.05) is 14.6 Å². The molecular formula is C11H10Br2N2O2S2. The molecule has 0 aliphatic heterocycles. The van der Waals surface area contributed by atoms with Crippen LogP contribution in [-0.4, -0.2) is 8.42 Å². The summed E-state index contributed by atoms with van der Waals surface area (Å²) < 4.78 is 28.4. The highest BCUT2D eigenvalue weighted by molar-refractivity contribution is 9.11. The molecule has 1 aromatic heterocycles. The second kappa shape index (κ2) is 5.43. The molecule has 0 radical (unpaired) electrons. The summed E-state index contributed by atoms with van der Waals surface area (Å²) in [6.07, 6.45) is 0. The molecule has 0 saturated carbocycles. The Hall–Kier alpha value is -0.570. The average Bonchev–Trinajstić information content (AvgIpc) is 2.73. The SMILES string of the molecule is Cc1cc(Br)c(NS(=O)(=O)c2sccc2Br)cc1N. The van der Waals surface area contributed by atoms with Crippen molar-refractivity contribution in [3.05, 3.63) is 38.1 Å². The highest BCUT2D eigenvalue weighted by Gasteiger charge is 2.20. The third-order valence-electron chi connectivity index (χ3n) is 2.43. The Balaban J connectivity index is 2.42. The van der Waals surface area contributed by atoms with Crippen LogP contribution in [0, 0.1) is 6.92 Å². The highest BCUT2D eigenvalue weighted by atomic mass is 79.9. The van der Waals surface area contributed by atoms with E-state index < -0.39 is 10.0 Å². The number of nitrogens with one attached hydrogen (secondary N) is 1. The molecular weight excluding hydrogens is 416 g/mol. The molecule has 0 fully saturated rings. The Morgan fingerprint density at radius 3 is 2.53 bits per heavy atom. The Labute approximate surface area is 132 Å². The number of benzene rings is 1. The van der Waals surface area contributed by atoms with E-state index in [0.717, 1.165) is 16.9 Å². The normalized spacial score (nSPS) is 11.5. The number of rotatable bonds is 3. The Bertz CT molecular complexity index is 726. The molecule has 8 heteroatoms. The van der Waals surface area contributed by atoms with E-state index in [1.165, 1.54) is 0 Å². The molecule has 2 rings (SSSR count). The molecule has 0 saturated heterocycles. The fourth-order valence-electron chi connectivity index (χ4n) is 1.43. The fourth-order valence-corrected chi connectivity index (χ4v) is 5.53. The van der Waals surface area contributed by atoms with E-state index >= 15 is 0 Å². The van der Waals surface area contributed by atoms with Crippen LogP contribution >= 0.6 is 43.2 Å². The lowest BCUT2D eigenvalue weighted by atomic mass is 10.2. The van der Waals surface area contributed by atoms with Crippen molar-refractivity contribution in [3.8, 4) is 0 Å². The first kappa shape index (κ1) is 14.8. The van der Waals surface area contributed by atoms with E-state index in [-0.39, 0.29) is 4.21 Å². The summed E-state index contributed by atoms with van der Waals surface area (Å²) in [5.74, 6) is 0. The second-order valence-electron chi connectivity index (χ2n) is 3.85. The molecule has 0 atom stereocenters. The van der Waals surface area contributed by atoms with Crippen molar-refractivity contribution in [1.29, 1.82) is 0 Å². The van der Waals surface area contributed by atoms with Gasteiger partial charge in [0.25, 0.3) is 10.0 Å². The molecule has 0 amide bonds. The molecule has 1 aromatic carbocycles. The van der Waals surface area contributed by atoms with Gasteiger partial charge in [-0.1, -0.05) is 0 Å². The molecule has 0 spiro atoms. The van der Waals surface area contributed by atoms with Crippen LogP contribution in [0.2, 0.25) is 0 Å².